The zero-order chi connectivity index (χ0) is 20.6. The van der Waals surface area contributed by atoms with E-state index in [2.05, 4.69) is 9.97 Å². The third kappa shape index (κ3) is 4.76. The van der Waals surface area contributed by atoms with Crippen LogP contribution in [0.1, 0.15) is 35.9 Å². The van der Waals surface area contributed by atoms with Crippen LogP contribution in [-0.4, -0.2) is 20.9 Å². The van der Waals surface area contributed by atoms with Gasteiger partial charge < -0.3 is 5.11 Å². The highest BCUT2D eigenvalue weighted by Gasteiger charge is 2.12. The first-order valence-electron chi connectivity index (χ1n) is 7.85. The molecule has 1 atom stereocenters. The molecule has 146 valence electrons. The number of aromatic nitrogens is 2. The second-order valence-electron chi connectivity index (χ2n) is 5.82. The van der Waals surface area contributed by atoms with Crippen molar-refractivity contribution in [3.05, 3.63) is 54.4 Å². The van der Waals surface area contributed by atoms with Crippen molar-refractivity contribution in [3.8, 4) is 0 Å². The molecule has 1 N–H and O–H groups in total. The normalized spacial score (nSPS) is 12.1. The number of carbonyl (C=O) groups excluding carboxylic acids is 1. The molecule has 4 nitrogen and oxygen atoms in total. The molecule has 1 unspecified atom stereocenters. The third-order valence-electron chi connectivity index (χ3n) is 3.72. The van der Waals surface area contributed by atoms with Crippen LogP contribution < -0.4 is 0 Å². The standard InChI is InChI=1S/C9H7Cl2NOS.C9H5Cl2NOS/c2*1-4(13)6-2-5-3-7(10)14-9(5)12-8(6)11/h2-4,13H,1H3;2-3H,1H3. The van der Waals surface area contributed by atoms with Gasteiger partial charge in [-0.2, -0.15) is 0 Å². The van der Waals surface area contributed by atoms with E-state index < -0.39 is 6.10 Å². The second kappa shape index (κ2) is 8.79. The van der Waals surface area contributed by atoms with Crippen molar-refractivity contribution in [2.45, 2.75) is 20.0 Å². The van der Waals surface area contributed by atoms with E-state index in [0.29, 0.717) is 25.0 Å². The van der Waals surface area contributed by atoms with Crippen LogP contribution in [0.5, 0.6) is 0 Å². The summed E-state index contributed by atoms with van der Waals surface area (Å²) in [5.74, 6) is -0.0910. The average molecular weight is 494 g/mol. The number of pyridine rings is 2. The quantitative estimate of drug-likeness (QED) is 0.232. The Balaban J connectivity index is 0.000000161. The summed E-state index contributed by atoms with van der Waals surface area (Å²) >= 11 is 26.1. The van der Waals surface area contributed by atoms with Crippen LogP contribution in [-0.2, 0) is 0 Å². The summed E-state index contributed by atoms with van der Waals surface area (Å²) in [4.78, 5) is 21.0. The molecular formula is C18H12Cl4N2O2S2. The van der Waals surface area contributed by atoms with Gasteiger partial charge in [0.05, 0.1) is 20.3 Å². The third-order valence-corrected chi connectivity index (χ3v) is 6.66. The molecule has 10 heteroatoms. The van der Waals surface area contributed by atoms with E-state index in [1.165, 1.54) is 29.6 Å². The number of nitrogens with zero attached hydrogens (tertiary/aromatic N) is 2. The van der Waals surface area contributed by atoms with Crippen LogP contribution >= 0.6 is 69.1 Å². The molecule has 4 heterocycles. The number of aliphatic hydroxyl groups is 1. The highest BCUT2D eigenvalue weighted by molar-refractivity contribution is 7.22. The van der Waals surface area contributed by atoms with E-state index in [1.807, 2.05) is 12.1 Å². The summed E-state index contributed by atoms with van der Waals surface area (Å²) in [5, 5.41) is 11.8. The highest BCUT2D eigenvalue weighted by atomic mass is 35.5. The number of ketones is 1. The van der Waals surface area contributed by atoms with E-state index in [0.717, 1.165) is 20.4 Å². The minimum absolute atomic E-state index is 0.0910. The van der Waals surface area contributed by atoms with Gasteiger partial charge in [0.1, 0.15) is 20.0 Å². The molecule has 0 radical (unpaired) electrons. The Morgan fingerprint density at radius 1 is 0.929 bits per heavy atom. The molecule has 4 rings (SSSR count). The molecule has 0 bridgehead atoms. The van der Waals surface area contributed by atoms with Crippen molar-refractivity contribution in [2.24, 2.45) is 0 Å². The number of thiophene rings is 2. The zero-order valence-corrected chi connectivity index (χ0v) is 19.1. The maximum absolute atomic E-state index is 11.2. The number of Topliss-reactive ketones (excluding diaryl/α,β-unsaturated/α-hetero) is 1. The van der Waals surface area contributed by atoms with Crippen molar-refractivity contribution in [3.63, 3.8) is 0 Å². The predicted octanol–water partition coefficient (Wildman–Crippen LogP) is 7.46. The fourth-order valence-corrected chi connectivity index (χ4v) is 5.23. The van der Waals surface area contributed by atoms with E-state index in [-0.39, 0.29) is 10.9 Å². The molecule has 4 aromatic rings. The summed E-state index contributed by atoms with van der Waals surface area (Å²) in [6, 6.07) is 7.13. The van der Waals surface area contributed by atoms with Gasteiger partial charge in [-0.25, -0.2) is 9.97 Å². The van der Waals surface area contributed by atoms with Gasteiger partial charge in [-0.05, 0) is 38.1 Å². The average Bonchev–Trinajstić information content (AvgIpc) is 3.13. The monoisotopic (exact) mass is 492 g/mol. The molecule has 28 heavy (non-hydrogen) atoms. The van der Waals surface area contributed by atoms with Gasteiger partial charge in [0.25, 0.3) is 0 Å². The maximum atomic E-state index is 11.2. The van der Waals surface area contributed by atoms with Crippen LogP contribution in [0.3, 0.4) is 0 Å². The lowest BCUT2D eigenvalue weighted by atomic mass is 10.1. The van der Waals surface area contributed by atoms with Gasteiger partial charge in [-0.1, -0.05) is 46.4 Å². The van der Waals surface area contributed by atoms with Crippen molar-refractivity contribution in [2.75, 3.05) is 0 Å². The molecule has 0 fully saturated rings. The lowest BCUT2D eigenvalue weighted by Crippen LogP contribution is -1.94. The molecule has 0 amide bonds. The summed E-state index contributed by atoms with van der Waals surface area (Å²) in [5.41, 5.74) is 1.07. The van der Waals surface area contributed by atoms with Crippen LogP contribution in [0.2, 0.25) is 19.0 Å². The van der Waals surface area contributed by atoms with Gasteiger partial charge in [0, 0.05) is 16.3 Å². The Morgan fingerprint density at radius 2 is 1.43 bits per heavy atom. The van der Waals surface area contributed by atoms with E-state index in [1.54, 1.807) is 19.1 Å². The number of halogens is 4. The van der Waals surface area contributed by atoms with Gasteiger partial charge in [-0.15, -0.1) is 22.7 Å². The number of fused-ring (bicyclic) bond motifs is 2. The summed E-state index contributed by atoms with van der Waals surface area (Å²) in [6.45, 7) is 3.12. The molecule has 0 aromatic carbocycles. The molecule has 0 saturated carbocycles. The van der Waals surface area contributed by atoms with Crippen molar-refractivity contribution >= 4 is 95.3 Å². The topological polar surface area (TPSA) is 63.1 Å². The van der Waals surface area contributed by atoms with E-state index in [4.69, 9.17) is 46.4 Å². The van der Waals surface area contributed by atoms with Crippen molar-refractivity contribution in [1.82, 2.24) is 9.97 Å². The molecule has 0 saturated heterocycles. The maximum Gasteiger partial charge on any atom is 0.162 e. The Bertz CT molecular complexity index is 1190. The minimum Gasteiger partial charge on any atom is -0.389 e. The second-order valence-corrected chi connectivity index (χ2v) is 9.86. The fraction of sp³-hybridized carbons (Fsp3) is 0.167. The number of hydrogen-bond donors (Lipinski definition) is 1. The predicted molar refractivity (Wildman–Crippen MR) is 120 cm³/mol. The Labute approximate surface area is 188 Å². The Morgan fingerprint density at radius 3 is 1.93 bits per heavy atom. The van der Waals surface area contributed by atoms with Crippen molar-refractivity contribution < 1.29 is 9.90 Å². The Kier molecular flexibility index (Phi) is 6.82. The van der Waals surface area contributed by atoms with Gasteiger partial charge >= 0.3 is 0 Å². The van der Waals surface area contributed by atoms with Crippen LogP contribution in [0.25, 0.3) is 20.4 Å². The number of rotatable bonds is 2. The highest BCUT2D eigenvalue weighted by Crippen LogP contribution is 2.33. The van der Waals surface area contributed by atoms with E-state index in [9.17, 15) is 9.90 Å². The first-order chi connectivity index (χ1) is 13.2. The molecular weight excluding hydrogens is 482 g/mol. The lowest BCUT2D eigenvalue weighted by molar-refractivity contribution is 0.101. The number of hydrogen-bond acceptors (Lipinski definition) is 6. The van der Waals surface area contributed by atoms with Crippen LogP contribution in [0.15, 0.2) is 24.3 Å². The summed E-state index contributed by atoms with van der Waals surface area (Å²) in [7, 11) is 0. The van der Waals surface area contributed by atoms with Gasteiger partial charge in [-0.3, -0.25) is 4.79 Å². The van der Waals surface area contributed by atoms with Crippen molar-refractivity contribution in [1.29, 1.82) is 0 Å². The zero-order valence-electron chi connectivity index (χ0n) is 14.5. The lowest BCUT2D eigenvalue weighted by Gasteiger charge is -2.05. The number of aliphatic hydroxyl groups excluding tert-OH is 1. The van der Waals surface area contributed by atoms with Gasteiger partial charge in [0.15, 0.2) is 5.78 Å². The summed E-state index contributed by atoms with van der Waals surface area (Å²) < 4.78 is 1.32. The van der Waals surface area contributed by atoms with Crippen LogP contribution in [0.4, 0.5) is 0 Å². The fourth-order valence-electron chi connectivity index (χ4n) is 2.40. The first kappa shape index (κ1) is 21.7. The number of carbonyl (C=O) groups is 1. The Hall–Kier alpha value is -0.990. The molecule has 4 aromatic heterocycles. The van der Waals surface area contributed by atoms with E-state index >= 15 is 0 Å². The molecule has 0 aliphatic rings. The molecule has 0 aliphatic heterocycles. The largest absolute Gasteiger partial charge is 0.389 e. The summed E-state index contributed by atoms with van der Waals surface area (Å²) in [6.07, 6.45) is -0.613. The van der Waals surface area contributed by atoms with Crippen LogP contribution in [0, 0.1) is 0 Å². The molecule has 0 spiro atoms. The molecule has 0 aliphatic carbocycles. The minimum atomic E-state index is -0.613. The van der Waals surface area contributed by atoms with Gasteiger partial charge in [0.2, 0.25) is 0 Å². The first-order valence-corrected chi connectivity index (χ1v) is 11.0. The smallest absolute Gasteiger partial charge is 0.162 e. The SMILES string of the molecule is CC(=O)c1cc2cc(Cl)sc2nc1Cl.CC(O)c1cc2cc(Cl)sc2nc1Cl.